The van der Waals surface area contributed by atoms with Crippen LogP contribution < -0.4 is 20.9 Å². The second kappa shape index (κ2) is 8.91. The number of benzene rings is 1. The van der Waals surface area contributed by atoms with Crippen molar-refractivity contribution < 1.29 is 0 Å². The van der Waals surface area contributed by atoms with Crippen LogP contribution >= 0.6 is 15.9 Å². The van der Waals surface area contributed by atoms with E-state index in [0.717, 1.165) is 81.3 Å². The Labute approximate surface area is 197 Å². The van der Waals surface area contributed by atoms with E-state index in [2.05, 4.69) is 79.5 Å². The molecule has 7 nitrogen and oxygen atoms in total. The number of aromatic nitrogens is 2. The number of fused-ring (bicyclic) bond motifs is 1. The molecule has 1 saturated heterocycles. The summed E-state index contributed by atoms with van der Waals surface area (Å²) in [7, 11) is 5.79. The molecule has 0 amide bonds. The predicted molar refractivity (Wildman–Crippen MR) is 137 cm³/mol. The third-order valence-corrected chi connectivity index (χ3v) is 6.73. The fraction of sp³-hybridized carbons (Fsp3) is 0.417. The fourth-order valence-corrected chi connectivity index (χ4v) is 5.58. The second-order valence-corrected chi connectivity index (χ2v) is 9.25. The van der Waals surface area contributed by atoms with Gasteiger partial charge in [0, 0.05) is 44.8 Å². The van der Waals surface area contributed by atoms with Gasteiger partial charge in [-0.25, -0.2) is 4.98 Å². The topological polar surface area (TPSA) is 80.9 Å². The number of hydrogen-bond donors (Lipinski definition) is 3. The van der Waals surface area contributed by atoms with E-state index in [9.17, 15) is 5.26 Å². The molecule has 0 saturated carbocycles. The molecule has 3 heterocycles. The van der Waals surface area contributed by atoms with Gasteiger partial charge >= 0.3 is 0 Å². The zero-order valence-electron chi connectivity index (χ0n) is 19.3. The van der Waals surface area contributed by atoms with Crippen LogP contribution in [0.1, 0.15) is 24.0 Å². The number of pyridine rings is 1. The van der Waals surface area contributed by atoms with Crippen LogP contribution in [0.5, 0.6) is 0 Å². The summed E-state index contributed by atoms with van der Waals surface area (Å²) >= 11 is 3.63. The number of rotatable bonds is 5. The first-order chi connectivity index (χ1) is 15.4. The molecule has 4 rings (SSSR count). The molecular formula is C24H30BrN7. The summed E-state index contributed by atoms with van der Waals surface area (Å²) in [6.07, 6.45) is 1.97. The van der Waals surface area contributed by atoms with Crippen molar-refractivity contribution in [3.8, 4) is 11.8 Å². The number of piperidine rings is 1. The minimum absolute atomic E-state index is 0.0462. The molecule has 32 heavy (non-hydrogen) atoms. The second-order valence-electron chi connectivity index (χ2n) is 8.34. The van der Waals surface area contributed by atoms with E-state index < -0.39 is 0 Å². The lowest BCUT2D eigenvalue weighted by atomic mass is 9.99. The molecule has 168 valence electrons. The summed E-state index contributed by atoms with van der Waals surface area (Å²) in [5.41, 5.74) is 6.43. The number of anilines is 4. The van der Waals surface area contributed by atoms with Crippen LogP contribution in [-0.2, 0) is 0 Å². The lowest BCUT2D eigenvalue weighted by molar-refractivity contribution is 0.494. The van der Waals surface area contributed by atoms with Crippen molar-refractivity contribution in [2.75, 3.05) is 55.1 Å². The van der Waals surface area contributed by atoms with Crippen LogP contribution in [0.3, 0.4) is 0 Å². The number of nitrogens with one attached hydrogen (secondary N) is 3. The van der Waals surface area contributed by atoms with Gasteiger partial charge in [-0.05, 0) is 49.9 Å². The summed E-state index contributed by atoms with van der Waals surface area (Å²) in [6.45, 7) is 5.92. The van der Waals surface area contributed by atoms with Gasteiger partial charge < -0.3 is 20.9 Å². The molecule has 8 heteroatoms. The van der Waals surface area contributed by atoms with Gasteiger partial charge in [0.05, 0.1) is 34.4 Å². The van der Waals surface area contributed by atoms with E-state index in [-0.39, 0.29) is 5.92 Å². The smallest absolute Gasteiger partial charge is 0.152 e. The Bertz CT molecular complexity index is 1180. The van der Waals surface area contributed by atoms with Crippen LogP contribution in [0, 0.1) is 31.1 Å². The quantitative estimate of drug-likeness (QED) is 0.447. The van der Waals surface area contributed by atoms with Crippen LogP contribution in [0.4, 0.5) is 23.0 Å². The van der Waals surface area contributed by atoms with Gasteiger partial charge in [-0.3, -0.25) is 4.57 Å². The van der Waals surface area contributed by atoms with Gasteiger partial charge in [0.25, 0.3) is 0 Å². The number of halogens is 1. The van der Waals surface area contributed by atoms with Gasteiger partial charge in [0.15, 0.2) is 5.65 Å². The molecule has 1 atom stereocenters. The average molecular weight is 496 g/mol. The highest BCUT2D eigenvalue weighted by atomic mass is 79.9. The maximum Gasteiger partial charge on any atom is 0.152 e. The van der Waals surface area contributed by atoms with Gasteiger partial charge in [0.1, 0.15) is 11.6 Å². The van der Waals surface area contributed by atoms with E-state index in [4.69, 9.17) is 4.98 Å². The Kier molecular flexibility index (Phi) is 6.20. The molecule has 0 aliphatic carbocycles. The normalized spacial score (nSPS) is 16.2. The Morgan fingerprint density at radius 3 is 2.41 bits per heavy atom. The van der Waals surface area contributed by atoms with Crippen molar-refractivity contribution >= 4 is 50.0 Å². The van der Waals surface area contributed by atoms with E-state index >= 15 is 0 Å². The molecule has 0 spiro atoms. The lowest BCUT2D eigenvalue weighted by Gasteiger charge is -2.32. The highest BCUT2D eigenvalue weighted by Gasteiger charge is 2.28. The molecule has 3 aromatic rings. The molecule has 1 unspecified atom stereocenters. The van der Waals surface area contributed by atoms with Crippen molar-refractivity contribution in [3.05, 3.63) is 33.8 Å². The number of nitrogens with zero attached hydrogens (tertiary/aromatic N) is 4. The molecule has 2 aromatic heterocycles. The van der Waals surface area contributed by atoms with Crippen molar-refractivity contribution in [2.24, 2.45) is 5.92 Å². The van der Waals surface area contributed by atoms with Crippen molar-refractivity contribution in [1.29, 1.82) is 5.26 Å². The standard InChI is InChI=1S/C24H30BrN7/c1-14-9-17(25)10-15(2)22(14)32-23-20(21(28-4)24(32)29-5)18(11-19(27-3)30-23)31-8-6-7-16(12-26)13-31/h9-11,16,28-29H,6-8,13H2,1-5H3,(H,27,30). The zero-order valence-corrected chi connectivity index (χ0v) is 20.9. The summed E-state index contributed by atoms with van der Waals surface area (Å²) < 4.78 is 3.28. The van der Waals surface area contributed by atoms with Crippen molar-refractivity contribution in [1.82, 2.24) is 9.55 Å². The molecule has 1 fully saturated rings. The molecule has 1 aromatic carbocycles. The molecule has 1 aliphatic rings. The summed E-state index contributed by atoms with van der Waals surface area (Å²) in [5, 5.41) is 20.7. The van der Waals surface area contributed by atoms with Crippen molar-refractivity contribution in [2.45, 2.75) is 26.7 Å². The summed E-state index contributed by atoms with van der Waals surface area (Å²) in [6, 6.07) is 8.85. The van der Waals surface area contributed by atoms with E-state index in [1.165, 1.54) is 0 Å². The highest BCUT2D eigenvalue weighted by molar-refractivity contribution is 9.10. The van der Waals surface area contributed by atoms with Crippen LogP contribution in [-0.4, -0.2) is 43.8 Å². The Balaban J connectivity index is 2.08. The fourth-order valence-electron chi connectivity index (χ4n) is 4.89. The van der Waals surface area contributed by atoms with E-state index in [1.807, 2.05) is 21.1 Å². The Morgan fingerprint density at radius 1 is 1.09 bits per heavy atom. The van der Waals surface area contributed by atoms with Crippen LogP contribution in [0.15, 0.2) is 22.7 Å². The minimum Gasteiger partial charge on any atom is -0.385 e. The number of hydrogen-bond acceptors (Lipinski definition) is 6. The summed E-state index contributed by atoms with van der Waals surface area (Å²) in [4.78, 5) is 7.36. The van der Waals surface area contributed by atoms with Gasteiger partial charge in [0.2, 0.25) is 0 Å². The van der Waals surface area contributed by atoms with E-state index in [0.29, 0.717) is 0 Å². The van der Waals surface area contributed by atoms with Gasteiger partial charge in [-0.15, -0.1) is 0 Å². The molecule has 0 bridgehead atoms. The Morgan fingerprint density at radius 2 is 1.81 bits per heavy atom. The monoisotopic (exact) mass is 495 g/mol. The molecule has 1 aliphatic heterocycles. The zero-order chi connectivity index (χ0) is 23.0. The maximum atomic E-state index is 9.56. The van der Waals surface area contributed by atoms with Crippen LogP contribution in [0.25, 0.3) is 16.7 Å². The Hall–Kier alpha value is -2.92. The highest BCUT2D eigenvalue weighted by Crippen LogP contribution is 2.44. The van der Waals surface area contributed by atoms with Gasteiger partial charge in [-0.2, -0.15) is 5.26 Å². The molecular weight excluding hydrogens is 466 g/mol. The SMILES string of the molecule is CNc1cc(N2CCCC(C#N)C2)c2c(NC)c(NC)n(-c3c(C)cc(Br)cc3C)c2n1. The minimum atomic E-state index is 0.0462. The first-order valence-electron chi connectivity index (χ1n) is 11.0. The maximum absolute atomic E-state index is 9.56. The average Bonchev–Trinajstić information content (AvgIpc) is 3.10. The first-order valence-corrected chi connectivity index (χ1v) is 11.8. The largest absolute Gasteiger partial charge is 0.385 e. The lowest BCUT2D eigenvalue weighted by Crippen LogP contribution is -2.35. The van der Waals surface area contributed by atoms with Crippen LogP contribution in [0.2, 0.25) is 0 Å². The predicted octanol–water partition coefficient (Wildman–Crippen LogP) is 5.27. The molecule has 0 radical (unpaired) electrons. The summed E-state index contributed by atoms with van der Waals surface area (Å²) in [5.74, 6) is 1.82. The number of aryl methyl sites for hydroxylation is 2. The third-order valence-electron chi connectivity index (χ3n) is 6.27. The van der Waals surface area contributed by atoms with Gasteiger partial charge in [-0.1, -0.05) is 15.9 Å². The molecule has 3 N–H and O–H groups in total. The number of nitriles is 1. The van der Waals surface area contributed by atoms with E-state index in [1.54, 1.807) is 0 Å². The third kappa shape index (κ3) is 3.65. The first kappa shape index (κ1) is 22.3. The van der Waals surface area contributed by atoms with Crippen molar-refractivity contribution in [3.63, 3.8) is 0 Å².